The molecule has 3 aromatic heterocycles. The third-order valence-corrected chi connectivity index (χ3v) is 6.33. The van der Waals surface area contributed by atoms with Gasteiger partial charge in [0.25, 0.3) is 0 Å². The molecule has 1 aliphatic heterocycles. The summed E-state index contributed by atoms with van der Waals surface area (Å²) in [5.74, 6) is 1.23. The third kappa shape index (κ3) is 2.97. The number of nitrogens with zero attached hydrogens (tertiary/aromatic N) is 4. The first kappa shape index (κ1) is 18.1. The van der Waals surface area contributed by atoms with Gasteiger partial charge in [0.05, 0.1) is 30.9 Å². The summed E-state index contributed by atoms with van der Waals surface area (Å²) in [5.41, 5.74) is 2.22. The lowest BCUT2D eigenvalue weighted by atomic mass is 10.1. The van der Waals surface area contributed by atoms with Crippen LogP contribution < -0.4 is 4.90 Å². The number of benzene rings is 1. The molecule has 4 aromatic rings. The summed E-state index contributed by atoms with van der Waals surface area (Å²) < 4.78 is 31.5. The summed E-state index contributed by atoms with van der Waals surface area (Å²) in [5, 5.41) is 1.71. The van der Waals surface area contributed by atoms with Crippen molar-refractivity contribution in [3.05, 3.63) is 42.7 Å². The Morgan fingerprint density at radius 3 is 2.83 bits per heavy atom. The Labute approximate surface area is 168 Å². The van der Waals surface area contributed by atoms with E-state index in [0.717, 1.165) is 22.3 Å². The number of H-pyrrole nitrogens is 1. The Morgan fingerprint density at radius 2 is 2.03 bits per heavy atom. The van der Waals surface area contributed by atoms with Crippen LogP contribution in [0, 0.1) is 0 Å². The zero-order valence-corrected chi connectivity index (χ0v) is 17.0. The Kier molecular flexibility index (Phi) is 4.11. The van der Waals surface area contributed by atoms with E-state index in [1.807, 2.05) is 30.5 Å². The lowest BCUT2D eigenvalue weighted by molar-refractivity contribution is 0.0987. The topological polar surface area (TPSA) is 93.1 Å². The second-order valence-corrected chi connectivity index (χ2v) is 9.20. The van der Waals surface area contributed by atoms with Crippen LogP contribution in [0.15, 0.2) is 42.7 Å². The van der Waals surface area contributed by atoms with Crippen LogP contribution in [0.1, 0.15) is 6.92 Å². The van der Waals surface area contributed by atoms with E-state index in [9.17, 15) is 8.42 Å². The van der Waals surface area contributed by atoms with Gasteiger partial charge in [-0.3, -0.25) is 0 Å². The maximum Gasteiger partial charge on any atom is 0.237 e. The van der Waals surface area contributed by atoms with Crippen LogP contribution in [0.25, 0.3) is 33.3 Å². The van der Waals surface area contributed by atoms with Crippen molar-refractivity contribution >= 4 is 37.8 Å². The molecule has 8 nitrogen and oxygen atoms in total. The van der Waals surface area contributed by atoms with Crippen molar-refractivity contribution in [1.29, 1.82) is 0 Å². The van der Waals surface area contributed by atoms with Crippen molar-refractivity contribution in [2.75, 3.05) is 30.9 Å². The number of hydrogen-bond acceptors (Lipinski definition) is 6. The average molecular weight is 411 g/mol. The maximum absolute atomic E-state index is 12.3. The first-order valence-electron chi connectivity index (χ1n) is 9.44. The van der Waals surface area contributed by atoms with Crippen molar-refractivity contribution < 1.29 is 13.2 Å². The van der Waals surface area contributed by atoms with E-state index in [0.29, 0.717) is 36.6 Å². The molecule has 0 aliphatic carbocycles. The largest absolute Gasteiger partial charge is 0.377 e. The van der Waals surface area contributed by atoms with Crippen molar-refractivity contribution in [1.82, 2.24) is 18.9 Å². The van der Waals surface area contributed by atoms with Crippen LogP contribution >= 0.6 is 0 Å². The van der Waals surface area contributed by atoms with Crippen molar-refractivity contribution in [2.45, 2.75) is 13.0 Å². The molecule has 0 amide bonds. The highest BCUT2D eigenvalue weighted by Crippen LogP contribution is 2.33. The van der Waals surface area contributed by atoms with Crippen LogP contribution in [0.4, 0.5) is 5.82 Å². The molecule has 1 aliphatic rings. The van der Waals surface area contributed by atoms with Gasteiger partial charge in [0, 0.05) is 35.4 Å². The quantitative estimate of drug-likeness (QED) is 0.557. The van der Waals surface area contributed by atoms with Crippen LogP contribution in [0.2, 0.25) is 0 Å². The van der Waals surface area contributed by atoms with Crippen LogP contribution in [-0.4, -0.2) is 59.4 Å². The van der Waals surface area contributed by atoms with Crippen LogP contribution in [0.5, 0.6) is 0 Å². The minimum absolute atomic E-state index is 0.124. The minimum atomic E-state index is -3.50. The molecule has 1 unspecified atom stereocenters. The molecule has 1 aromatic carbocycles. The molecular weight excluding hydrogens is 390 g/mol. The zero-order chi connectivity index (χ0) is 20.2. The standard InChI is InChI=1S/C20H21N5O3S/c1-13-12-28-11-10-24(13)19-16-7-9-25(29(2,26)27)20(16)23-18(22-19)15-4-3-5-17-14(15)6-8-21-17/h3-9,13,21H,10-12H2,1-2H3. The predicted molar refractivity (Wildman–Crippen MR) is 113 cm³/mol. The number of fused-ring (bicyclic) bond motifs is 2. The van der Waals surface area contributed by atoms with Crippen molar-refractivity contribution in [3.8, 4) is 11.4 Å². The van der Waals surface area contributed by atoms with Gasteiger partial charge in [-0.1, -0.05) is 12.1 Å². The van der Waals surface area contributed by atoms with Gasteiger partial charge in [0.2, 0.25) is 10.0 Å². The van der Waals surface area contributed by atoms with Gasteiger partial charge in [0.15, 0.2) is 11.5 Å². The molecule has 0 spiro atoms. The summed E-state index contributed by atoms with van der Waals surface area (Å²) in [6, 6.07) is 9.76. The minimum Gasteiger partial charge on any atom is -0.377 e. The highest BCUT2D eigenvalue weighted by atomic mass is 32.2. The summed E-state index contributed by atoms with van der Waals surface area (Å²) in [7, 11) is -3.50. The summed E-state index contributed by atoms with van der Waals surface area (Å²) in [6.07, 6.45) is 4.60. The number of nitrogens with one attached hydrogen (secondary N) is 1. The molecule has 1 fully saturated rings. The molecule has 0 bridgehead atoms. The molecule has 1 atom stereocenters. The molecule has 9 heteroatoms. The van der Waals surface area contributed by atoms with Crippen LogP contribution in [0.3, 0.4) is 0 Å². The van der Waals surface area contributed by atoms with Gasteiger partial charge in [-0.25, -0.2) is 22.4 Å². The van der Waals surface area contributed by atoms with E-state index in [1.54, 1.807) is 12.3 Å². The number of aromatic amines is 1. The van der Waals surface area contributed by atoms with E-state index < -0.39 is 10.0 Å². The molecule has 4 heterocycles. The number of morpholine rings is 1. The van der Waals surface area contributed by atoms with E-state index in [1.165, 1.54) is 10.2 Å². The van der Waals surface area contributed by atoms with Gasteiger partial charge >= 0.3 is 0 Å². The number of hydrogen-bond donors (Lipinski definition) is 1. The first-order chi connectivity index (χ1) is 13.9. The van der Waals surface area contributed by atoms with Gasteiger partial charge in [-0.15, -0.1) is 0 Å². The Hall–Kier alpha value is -2.91. The average Bonchev–Trinajstić information content (AvgIpc) is 3.34. The fourth-order valence-electron chi connectivity index (χ4n) is 3.91. The first-order valence-corrected chi connectivity index (χ1v) is 11.3. The number of ether oxygens (including phenoxy) is 1. The third-order valence-electron chi connectivity index (χ3n) is 5.32. The zero-order valence-electron chi connectivity index (χ0n) is 16.2. The Balaban J connectivity index is 1.82. The lowest BCUT2D eigenvalue weighted by Gasteiger charge is -2.34. The molecule has 1 saturated heterocycles. The van der Waals surface area contributed by atoms with Gasteiger partial charge in [0.1, 0.15) is 5.82 Å². The summed E-state index contributed by atoms with van der Waals surface area (Å²) >= 11 is 0. The second kappa shape index (κ2) is 6.57. The van der Waals surface area contributed by atoms with Gasteiger partial charge in [-0.2, -0.15) is 0 Å². The molecule has 0 radical (unpaired) electrons. The second-order valence-electron chi connectivity index (χ2n) is 7.34. The lowest BCUT2D eigenvalue weighted by Crippen LogP contribution is -2.44. The molecule has 150 valence electrons. The Morgan fingerprint density at radius 1 is 1.17 bits per heavy atom. The molecule has 0 saturated carbocycles. The highest BCUT2D eigenvalue weighted by Gasteiger charge is 2.26. The fourth-order valence-corrected chi connectivity index (χ4v) is 4.64. The molecule has 5 rings (SSSR count). The van der Waals surface area contributed by atoms with Gasteiger partial charge < -0.3 is 14.6 Å². The predicted octanol–water partition coefficient (Wildman–Crippen LogP) is 2.61. The van der Waals surface area contributed by atoms with Gasteiger partial charge in [-0.05, 0) is 25.1 Å². The van der Waals surface area contributed by atoms with E-state index in [2.05, 4.69) is 21.8 Å². The SMILES string of the molecule is CC1COCCN1c1nc(-c2cccc3[nH]ccc23)nc2c1ccn2S(C)(=O)=O. The molecule has 29 heavy (non-hydrogen) atoms. The monoisotopic (exact) mass is 411 g/mol. The maximum atomic E-state index is 12.3. The van der Waals surface area contributed by atoms with E-state index in [4.69, 9.17) is 9.72 Å². The molecular formula is C20H21N5O3S. The Bertz CT molecular complexity index is 1320. The van der Waals surface area contributed by atoms with E-state index >= 15 is 0 Å². The summed E-state index contributed by atoms with van der Waals surface area (Å²) in [4.78, 5) is 15.0. The molecule has 1 N–H and O–H groups in total. The van der Waals surface area contributed by atoms with E-state index in [-0.39, 0.29) is 6.04 Å². The van der Waals surface area contributed by atoms with Crippen LogP contribution in [-0.2, 0) is 14.8 Å². The smallest absolute Gasteiger partial charge is 0.237 e. The van der Waals surface area contributed by atoms with Crippen molar-refractivity contribution in [3.63, 3.8) is 0 Å². The summed E-state index contributed by atoms with van der Waals surface area (Å²) in [6.45, 7) is 3.96. The number of rotatable bonds is 3. The van der Waals surface area contributed by atoms with Crippen molar-refractivity contribution in [2.24, 2.45) is 0 Å². The normalized spacial score (nSPS) is 18.0. The fraction of sp³-hybridized carbons (Fsp3) is 0.300. The number of anilines is 1. The highest BCUT2D eigenvalue weighted by molar-refractivity contribution is 7.89. The number of aromatic nitrogens is 4.